The van der Waals surface area contributed by atoms with Gasteiger partial charge in [-0.3, -0.25) is 0 Å². The van der Waals surface area contributed by atoms with Gasteiger partial charge in [0.05, 0.1) is 18.7 Å². The molecule has 0 fully saturated rings. The van der Waals surface area contributed by atoms with Gasteiger partial charge in [0.15, 0.2) is 5.82 Å². The molecule has 0 atom stereocenters. The first-order chi connectivity index (χ1) is 7.63. The summed E-state index contributed by atoms with van der Waals surface area (Å²) in [6.45, 7) is 7.92. The molecule has 1 heterocycles. The summed E-state index contributed by atoms with van der Waals surface area (Å²) in [5.41, 5.74) is 1.09. The summed E-state index contributed by atoms with van der Waals surface area (Å²) in [7, 11) is 0. The van der Waals surface area contributed by atoms with E-state index in [1.54, 1.807) is 6.20 Å². The molecular weight excluding hydrogens is 200 g/mol. The molecule has 4 nitrogen and oxygen atoms in total. The third kappa shape index (κ3) is 3.85. The van der Waals surface area contributed by atoms with Gasteiger partial charge in [-0.1, -0.05) is 13.8 Å². The molecule has 4 heteroatoms. The molecule has 0 saturated heterocycles. The number of aromatic nitrogens is 2. The van der Waals surface area contributed by atoms with Crippen molar-refractivity contribution >= 4 is 5.82 Å². The summed E-state index contributed by atoms with van der Waals surface area (Å²) >= 11 is 0. The minimum Gasteiger partial charge on any atom is -0.354 e. The van der Waals surface area contributed by atoms with Gasteiger partial charge in [-0.2, -0.15) is 10.4 Å². The van der Waals surface area contributed by atoms with Gasteiger partial charge in [0, 0.05) is 13.1 Å². The molecule has 16 heavy (non-hydrogen) atoms. The van der Waals surface area contributed by atoms with E-state index in [0.717, 1.165) is 17.9 Å². The van der Waals surface area contributed by atoms with Crippen LogP contribution >= 0.6 is 0 Å². The van der Waals surface area contributed by atoms with Crippen LogP contribution in [0.15, 0.2) is 12.3 Å². The van der Waals surface area contributed by atoms with Crippen LogP contribution in [-0.4, -0.2) is 23.3 Å². The molecule has 1 aromatic heterocycles. The summed E-state index contributed by atoms with van der Waals surface area (Å²) in [5, 5.41) is 16.7. The Hall–Kier alpha value is -1.63. The summed E-state index contributed by atoms with van der Waals surface area (Å²) in [4.78, 5) is 2.12. The fraction of sp³-hybridized carbons (Fsp3) is 0.583. The molecule has 0 aliphatic carbocycles. The van der Waals surface area contributed by atoms with Gasteiger partial charge in [0.25, 0.3) is 0 Å². The summed E-state index contributed by atoms with van der Waals surface area (Å²) < 4.78 is 0. The average molecular weight is 218 g/mol. The lowest BCUT2D eigenvalue weighted by molar-refractivity contribution is 0.605. The quantitative estimate of drug-likeness (QED) is 0.760. The Morgan fingerprint density at radius 2 is 2.25 bits per heavy atom. The van der Waals surface area contributed by atoms with E-state index in [1.165, 1.54) is 0 Å². The third-order valence-electron chi connectivity index (χ3n) is 2.18. The first-order valence-electron chi connectivity index (χ1n) is 5.54. The zero-order valence-corrected chi connectivity index (χ0v) is 10.1. The van der Waals surface area contributed by atoms with Crippen molar-refractivity contribution in [3.63, 3.8) is 0 Å². The van der Waals surface area contributed by atoms with E-state index in [9.17, 15) is 0 Å². The molecule has 86 valence electrons. The van der Waals surface area contributed by atoms with Crippen molar-refractivity contribution < 1.29 is 0 Å². The first kappa shape index (κ1) is 12.4. The van der Waals surface area contributed by atoms with Crippen molar-refractivity contribution in [2.24, 2.45) is 5.92 Å². The van der Waals surface area contributed by atoms with E-state index < -0.39 is 0 Å². The maximum Gasteiger partial charge on any atom is 0.151 e. The second kappa shape index (κ2) is 6.06. The maximum atomic E-state index is 8.64. The van der Waals surface area contributed by atoms with Gasteiger partial charge in [-0.25, -0.2) is 0 Å². The highest BCUT2D eigenvalue weighted by Crippen LogP contribution is 2.13. The van der Waals surface area contributed by atoms with Crippen molar-refractivity contribution in [1.29, 1.82) is 5.26 Å². The second-order valence-corrected chi connectivity index (χ2v) is 4.34. The standard InChI is InChI=1S/C12H18N4/c1-10(2)9-16(6-4-5-13)12-7-11(3)8-14-15-12/h7-8,10H,4,6,9H2,1-3H3. The fourth-order valence-electron chi connectivity index (χ4n) is 1.53. The molecule has 0 aliphatic heterocycles. The number of aryl methyl sites for hydroxylation is 1. The Morgan fingerprint density at radius 3 is 2.81 bits per heavy atom. The van der Waals surface area contributed by atoms with Gasteiger partial charge < -0.3 is 4.90 Å². The Balaban J connectivity index is 2.79. The molecule has 0 unspecified atom stereocenters. The first-order valence-corrected chi connectivity index (χ1v) is 5.54. The Labute approximate surface area is 96.9 Å². The average Bonchev–Trinajstić information content (AvgIpc) is 2.23. The lowest BCUT2D eigenvalue weighted by Crippen LogP contribution is -2.29. The van der Waals surface area contributed by atoms with Crippen LogP contribution in [0.2, 0.25) is 0 Å². The molecule has 1 rings (SSSR count). The Bertz CT molecular complexity index is 368. The van der Waals surface area contributed by atoms with Crippen LogP contribution in [0.1, 0.15) is 25.8 Å². The van der Waals surface area contributed by atoms with Crippen LogP contribution in [0.25, 0.3) is 0 Å². The number of anilines is 1. The molecule has 0 radical (unpaired) electrons. The van der Waals surface area contributed by atoms with Crippen molar-refractivity contribution in [3.05, 3.63) is 17.8 Å². The van der Waals surface area contributed by atoms with E-state index in [4.69, 9.17) is 5.26 Å². The Morgan fingerprint density at radius 1 is 1.50 bits per heavy atom. The molecule has 0 bridgehead atoms. The van der Waals surface area contributed by atoms with Gasteiger partial charge in [-0.15, -0.1) is 5.10 Å². The lowest BCUT2D eigenvalue weighted by atomic mass is 10.2. The lowest BCUT2D eigenvalue weighted by Gasteiger charge is -2.24. The monoisotopic (exact) mass is 218 g/mol. The van der Waals surface area contributed by atoms with Crippen molar-refractivity contribution in [2.75, 3.05) is 18.0 Å². The molecule has 1 aromatic rings. The van der Waals surface area contributed by atoms with Crippen molar-refractivity contribution in [3.8, 4) is 6.07 Å². The van der Waals surface area contributed by atoms with Crippen LogP contribution < -0.4 is 4.90 Å². The second-order valence-electron chi connectivity index (χ2n) is 4.34. The van der Waals surface area contributed by atoms with E-state index in [1.807, 2.05) is 13.0 Å². The van der Waals surface area contributed by atoms with Gasteiger partial charge in [0.1, 0.15) is 0 Å². The predicted molar refractivity (Wildman–Crippen MR) is 64.1 cm³/mol. The summed E-state index contributed by atoms with van der Waals surface area (Å²) in [6, 6.07) is 4.17. The smallest absolute Gasteiger partial charge is 0.151 e. The van der Waals surface area contributed by atoms with Crippen molar-refractivity contribution in [2.45, 2.75) is 27.2 Å². The normalized spacial score (nSPS) is 10.2. The molecule has 0 amide bonds. The van der Waals surface area contributed by atoms with Gasteiger partial charge >= 0.3 is 0 Å². The van der Waals surface area contributed by atoms with Crippen LogP contribution in [-0.2, 0) is 0 Å². The van der Waals surface area contributed by atoms with E-state index in [0.29, 0.717) is 18.9 Å². The highest BCUT2D eigenvalue weighted by molar-refractivity contribution is 5.39. The SMILES string of the molecule is Cc1cnnc(N(CCC#N)CC(C)C)c1. The zero-order chi connectivity index (χ0) is 12.0. The predicted octanol–water partition coefficient (Wildman–Crippen LogP) is 2.16. The molecule has 0 spiro atoms. The largest absolute Gasteiger partial charge is 0.354 e. The highest BCUT2D eigenvalue weighted by atomic mass is 15.3. The summed E-state index contributed by atoms with van der Waals surface area (Å²) in [5.74, 6) is 1.41. The third-order valence-corrected chi connectivity index (χ3v) is 2.18. The van der Waals surface area contributed by atoms with Crippen LogP contribution in [0.3, 0.4) is 0 Å². The molecule has 0 N–H and O–H groups in total. The number of nitrogens with zero attached hydrogens (tertiary/aromatic N) is 4. The van der Waals surface area contributed by atoms with Crippen LogP contribution in [0.5, 0.6) is 0 Å². The topological polar surface area (TPSA) is 52.8 Å². The van der Waals surface area contributed by atoms with Gasteiger partial charge in [0.2, 0.25) is 0 Å². The molecular formula is C12H18N4. The van der Waals surface area contributed by atoms with E-state index >= 15 is 0 Å². The van der Waals surface area contributed by atoms with Crippen LogP contribution in [0.4, 0.5) is 5.82 Å². The van der Waals surface area contributed by atoms with Crippen LogP contribution in [0, 0.1) is 24.2 Å². The zero-order valence-electron chi connectivity index (χ0n) is 10.1. The maximum absolute atomic E-state index is 8.64. The number of nitriles is 1. The Kier molecular flexibility index (Phi) is 4.71. The van der Waals surface area contributed by atoms with Crippen molar-refractivity contribution in [1.82, 2.24) is 10.2 Å². The minimum absolute atomic E-state index is 0.516. The van der Waals surface area contributed by atoms with E-state index in [2.05, 4.69) is 35.0 Å². The summed E-state index contributed by atoms with van der Waals surface area (Å²) in [6.07, 6.45) is 2.25. The molecule has 0 aromatic carbocycles. The molecule has 0 saturated carbocycles. The van der Waals surface area contributed by atoms with Gasteiger partial charge in [-0.05, 0) is 24.5 Å². The number of hydrogen-bond acceptors (Lipinski definition) is 4. The molecule has 0 aliphatic rings. The fourth-order valence-corrected chi connectivity index (χ4v) is 1.53. The number of hydrogen-bond donors (Lipinski definition) is 0. The van der Waals surface area contributed by atoms with E-state index in [-0.39, 0.29) is 0 Å². The number of rotatable bonds is 5. The minimum atomic E-state index is 0.516. The highest BCUT2D eigenvalue weighted by Gasteiger charge is 2.10.